The van der Waals surface area contributed by atoms with E-state index < -0.39 is 6.10 Å². The number of esters is 3. The molecule has 0 saturated carbocycles. The fourth-order valence-electron chi connectivity index (χ4n) is 8.92. The van der Waals surface area contributed by atoms with Gasteiger partial charge in [0.25, 0.3) is 0 Å². The molecule has 0 aliphatic rings. The molecule has 0 spiro atoms. The summed E-state index contributed by atoms with van der Waals surface area (Å²) >= 11 is 0. The Kier molecular flexibility index (Phi) is 65.4. The first-order chi connectivity index (χ1) is 41.0. The van der Waals surface area contributed by atoms with E-state index in [-0.39, 0.29) is 37.5 Å². The fraction of sp³-hybridized carbons (Fsp3) is 0.623. The predicted molar refractivity (Wildman–Crippen MR) is 362 cm³/mol. The topological polar surface area (TPSA) is 78.9 Å². The fourth-order valence-corrected chi connectivity index (χ4v) is 8.92. The molecule has 0 aliphatic carbocycles. The van der Waals surface area contributed by atoms with Crippen molar-refractivity contribution in [1.82, 2.24) is 0 Å². The maximum Gasteiger partial charge on any atom is 0.306 e. The monoisotopic (exact) mass is 1140 g/mol. The summed E-state index contributed by atoms with van der Waals surface area (Å²) in [4.78, 5) is 38.4. The van der Waals surface area contributed by atoms with Crippen LogP contribution in [0.5, 0.6) is 0 Å². The van der Waals surface area contributed by atoms with E-state index >= 15 is 0 Å². The van der Waals surface area contributed by atoms with Crippen molar-refractivity contribution in [2.75, 3.05) is 13.2 Å². The van der Waals surface area contributed by atoms with E-state index in [1.807, 2.05) is 0 Å². The Morgan fingerprint density at radius 1 is 0.253 bits per heavy atom. The van der Waals surface area contributed by atoms with Gasteiger partial charge in [-0.1, -0.05) is 288 Å². The molecule has 0 aromatic heterocycles. The van der Waals surface area contributed by atoms with Crippen molar-refractivity contribution in [3.05, 3.63) is 158 Å². The molecule has 0 saturated heterocycles. The molecule has 0 aliphatic heterocycles. The Bertz CT molecular complexity index is 1840. The summed E-state index contributed by atoms with van der Waals surface area (Å²) in [6, 6.07) is 0. The van der Waals surface area contributed by atoms with E-state index in [0.29, 0.717) is 19.3 Å². The Hall–Kier alpha value is -4.97. The zero-order chi connectivity index (χ0) is 59.9. The highest BCUT2D eigenvalue weighted by atomic mass is 16.6. The molecule has 1 atom stereocenters. The summed E-state index contributed by atoms with van der Waals surface area (Å²) in [7, 11) is 0. The van der Waals surface area contributed by atoms with E-state index in [1.54, 1.807) is 0 Å². The third-order valence-corrected chi connectivity index (χ3v) is 14.0. The van der Waals surface area contributed by atoms with Gasteiger partial charge in [-0.25, -0.2) is 0 Å². The number of carbonyl (C=O) groups is 3. The van der Waals surface area contributed by atoms with Crippen LogP contribution in [0.15, 0.2) is 158 Å². The lowest BCUT2D eigenvalue weighted by Gasteiger charge is -2.18. The van der Waals surface area contributed by atoms with Gasteiger partial charge in [-0.2, -0.15) is 0 Å². The molecule has 0 radical (unpaired) electrons. The molecular formula is C77H124O6. The first kappa shape index (κ1) is 78.0. The lowest BCUT2D eigenvalue weighted by molar-refractivity contribution is -0.167. The van der Waals surface area contributed by atoms with E-state index in [4.69, 9.17) is 14.2 Å². The van der Waals surface area contributed by atoms with Crippen LogP contribution in [0.1, 0.15) is 290 Å². The molecule has 0 rings (SSSR count). The van der Waals surface area contributed by atoms with Crippen molar-refractivity contribution in [3.8, 4) is 0 Å². The number of allylic oxidation sites excluding steroid dienone is 26. The van der Waals surface area contributed by atoms with Gasteiger partial charge in [0.05, 0.1) is 0 Å². The second kappa shape index (κ2) is 69.5. The third-order valence-electron chi connectivity index (χ3n) is 14.0. The van der Waals surface area contributed by atoms with Crippen molar-refractivity contribution in [2.24, 2.45) is 0 Å². The molecule has 0 amide bonds. The molecule has 0 bridgehead atoms. The van der Waals surface area contributed by atoms with Crippen molar-refractivity contribution < 1.29 is 28.6 Å². The average Bonchev–Trinajstić information content (AvgIpc) is 3.49. The minimum absolute atomic E-state index is 0.110. The number of carbonyl (C=O) groups excluding carboxylic acids is 3. The van der Waals surface area contributed by atoms with Gasteiger partial charge in [0, 0.05) is 19.3 Å². The lowest BCUT2D eigenvalue weighted by Crippen LogP contribution is -2.30. The van der Waals surface area contributed by atoms with Gasteiger partial charge in [-0.05, 0) is 141 Å². The van der Waals surface area contributed by atoms with E-state index in [9.17, 15) is 14.4 Å². The summed E-state index contributed by atoms with van der Waals surface area (Å²) < 4.78 is 16.9. The minimum Gasteiger partial charge on any atom is -0.462 e. The highest BCUT2D eigenvalue weighted by Gasteiger charge is 2.19. The number of hydrogen-bond acceptors (Lipinski definition) is 6. The van der Waals surface area contributed by atoms with Crippen LogP contribution in [-0.4, -0.2) is 37.2 Å². The number of unbranched alkanes of at least 4 members (excludes halogenated alkanes) is 23. The van der Waals surface area contributed by atoms with Crippen LogP contribution in [0.4, 0.5) is 0 Å². The third kappa shape index (κ3) is 67.7. The number of ether oxygens (including phenoxy) is 3. The average molecular weight is 1150 g/mol. The molecule has 0 aromatic carbocycles. The van der Waals surface area contributed by atoms with Gasteiger partial charge in [0.1, 0.15) is 13.2 Å². The second-order valence-electron chi connectivity index (χ2n) is 22.0. The molecule has 0 heterocycles. The van der Waals surface area contributed by atoms with Crippen molar-refractivity contribution in [2.45, 2.75) is 297 Å². The van der Waals surface area contributed by atoms with E-state index in [0.717, 1.165) is 141 Å². The second-order valence-corrected chi connectivity index (χ2v) is 22.0. The van der Waals surface area contributed by atoms with Crippen LogP contribution < -0.4 is 0 Å². The smallest absolute Gasteiger partial charge is 0.306 e. The quantitative estimate of drug-likeness (QED) is 0.0261. The van der Waals surface area contributed by atoms with Crippen LogP contribution in [0.2, 0.25) is 0 Å². The van der Waals surface area contributed by atoms with Crippen LogP contribution in [0.25, 0.3) is 0 Å². The molecule has 0 aromatic rings. The van der Waals surface area contributed by atoms with Gasteiger partial charge < -0.3 is 14.2 Å². The standard InChI is InChI=1S/C77H124O6/c1-4-7-10-13-16-19-22-25-27-29-31-33-35-36-37-38-39-40-42-43-45-47-49-52-55-58-61-64-67-70-76(79)82-73-74(72-81-75(78)69-66-63-60-57-54-51-24-21-18-15-12-9-6-3)83-77(80)71-68-65-62-59-56-53-50-48-46-44-41-34-32-30-28-26-23-20-17-14-11-8-5-2/h7,10,12,15-16,19,21,23-27,30-33,36-37,39-40,43,45,49,52,58,61,74H,4-6,8-9,11,13-14,17-18,20,22,28-29,34-35,38,41-42,44,46-48,50-51,53-57,59-60,62-73H2,1-3H3/b10-7-,15-12-,19-16-,24-21-,26-23-,27-25-,32-30-,33-31-,37-36-,40-39-,45-43-,52-49-,61-58-. The summed E-state index contributed by atoms with van der Waals surface area (Å²) in [6.45, 7) is 6.40. The summed E-state index contributed by atoms with van der Waals surface area (Å²) in [6.07, 6.45) is 101. The molecule has 6 nitrogen and oxygen atoms in total. The molecule has 83 heavy (non-hydrogen) atoms. The van der Waals surface area contributed by atoms with Crippen molar-refractivity contribution in [3.63, 3.8) is 0 Å². The highest BCUT2D eigenvalue weighted by molar-refractivity contribution is 5.71. The molecule has 0 fully saturated rings. The molecule has 6 heteroatoms. The predicted octanol–water partition coefficient (Wildman–Crippen LogP) is 23.7. The lowest BCUT2D eigenvalue weighted by atomic mass is 10.0. The first-order valence-electron chi connectivity index (χ1n) is 34.0. The minimum atomic E-state index is -0.817. The van der Waals surface area contributed by atoms with Gasteiger partial charge in [-0.3, -0.25) is 14.4 Å². The van der Waals surface area contributed by atoms with Crippen LogP contribution in [0, 0.1) is 0 Å². The Morgan fingerprint density at radius 2 is 0.506 bits per heavy atom. The maximum absolute atomic E-state index is 12.9. The first-order valence-corrected chi connectivity index (χ1v) is 34.0. The molecular weight excluding hydrogens is 1020 g/mol. The number of hydrogen-bond donors (Lipinski definition) is 0. The van der Waals surface area contributed by atoms with Crippen molar-refractivity contribution in [1.29, 1.82) is 0 Å². The normalized spacial score (nSPS) is 13.1. The van der Waals surface area contributed by atoms with Gasteiger partial charge in [0.15, 0.2) is 6.10 Å². The Balaban J connectivity index is 4.45. The van der Waals surface area contributed by atoms with E-state index in [1.165, 1.54) is 103 Å². The summed E-state index contributed by atoms with van der Waals surface area (Å²) in [5.74, 6) is -0.987. The Morgan fingerprint density at radius 3 is 0.831 bits per heavy atom. The van der Waals surface area contributed by atoms with Gasteiger partial charge >= 0.3 is 17.9 Å². The maximum atomic E-state index is 12.9. The van der Waals surface area contributed by atoms with Crippen molar-refractivity contribution >= 4 is 17.9 Å². The summed E-state index contributed by atoms with van der Waals surface area (Å²) in [5.41, 5.74) is 0. The number of rotatable bonds is 60. The van der Waals surface area contributed by atoms with E-state index in [2.05, 4.69) is 179 Å². The molecule has 1 unspecified atom stereocenters. The van der Waals surface area contributed by atoms with Gasteiger partial charge in [-0.15, -0.1) is 0 Å². The van der Waals surface area contributed by atoms with Crippen LogP contribution >= 0.6 is 0 Å². The SMILES string of the molecule is CC/C=C\C/C=C\C/C=C\C/C=C\C/C=C\C/C=C\C/C=C\C/C=C\C/C=C\CCCC(=O)OCC(COC(=O)CCCCCCC/C=C\C/C=C\CCC)OC(=O)CCCCCCCCCCCCC/C=C\C/C=C\CCCCCCC. The summed E-state index contributed by atoms with van der Waals surface area (Å²) in [5, 5.41) is 0. The van der Waals surface area contributed by atoms with Gasteiger partial charge in [0.2, 0.25) is 0 Å². The van der Waals surface area contributed by atoms with Crippen LogP contribution in [0.3, 0.4) is 0 Å². The van der Waals surface area contributed by atoms with Crippen LogP contribution in [-0.2, 0) is 28.6 Å². The molecule has 468 valence electrons. The largest absolute Gasteiger partial charge is 0.462 e. The zero-order valence-electron chi connectivity index (χ0n) is 53.7. The Labute approximate surface area is 511 Å². The zero-order valence-corrected chi connectivity index (χ0v) is 53.7. The highest BCUT2D eigenvalue weighted by Crippen LogP contribution is 2.15. The molecule has 0 N–H and O–H groups in total.